The second kappa shape index (κ2) is 7.84. The number of rotatable bonds is 5. The van der Waals surface area contributed by atoms with Crippen LogP contribution in [0.2, 0.25) is 0 Å². The van der Waals surface area contributed by atoms with Crippen molar-refractivity contribution in [1.82, 2.24) is 5.32 Å². The molecule has 0 saturated carbocycles. The number of carboxylic acids is 1. The fourth-order valence-electron chi connectivity index (χ4n) is 2.32. The highest BCUT2D eigenvalue weighted by Gasteiger charge is 2.16. The number of amides is 1. The molecule has 0 fully saturated rings. The Hall–Kier alpha value is -3.12. The first kappa shape index (κ1) is 17.7. The first-order chi connectivity index (χ1) is 12.5. The van der Waals surface area contributed by atoms with Crippen molar-refractivity contribution in [3.05, 3.63) is 88.2 Å². The van der Waals surface area contributed by atoms with Gasteiger partial charge in [0.1, 0.15) is 17.2 Å². The third-order valence-electron chi connectivity index (χ3n) is 3.57. The van der Waals surface area contributed by atoms with E-state index < -0.39 is 11.9 Å². The minimum Gasteiger partial charge on any atom is -0.477 e. The van der Waals surface area contributed by atoms with Crippen molar-refractivity contribution < 1.29 is 19.1 Å². The summed E-state index contributed by atoms with van der Waals surface area (Å²) < 4.78 is 6.24. The van der Waals surface area contributed by atoms with Crippen LogP contribution in [0.4, 0.5) is 0 Å². The highest BCUT2D eigenvalue weighted by atomic mass is 79.9. The van der Waals surface area contributed by atoms with Crippen LogP contribution in [0.1, 0.15) is 16.1 Å². The predicted molar refractivity (Wildman–Crippen MR) is 101 cm³/mol. The molecule has 0 aliphatic carbocycles. The van der Waals surface area contributed by atoms with Gasteiger partial charge in [-0.3, -0.25) is 4.79 Å². The van der Waals surface area contributed by atoms with Gasteiger partial charge in [-0.05, 0) is 40.2 Å². The lowest BCUT2D eigenvalue weighted by molar-refractivity contribution is -0.132. The van der Waals surface area contributed by atoms with Crippen LogP contribution in [0.5, 0.6) is 0 Å². The molecule has 0 atom stereocenters. The van der Waals surface area contributed by atoms with Crippen LogP contribution in [0.15, 0.2) is 81.3 Å². The van der Waals surface area contributed by atoms with Gasteiger partial charge in [-0.2, -0.15) is 0 Å². The lowest BCUT2D eigenvalue weighted by atomic mass is 10.2. The topological polar surface area (TPSA) is 79.5 Å². The quantitative estimate of drug-likeness (QED) is 0.602. The molecule has 0 unspecified atom stereocenters. The van der Waals surface area contributed by atoms with Gasteiger partial charge in [0.15, 0.2) is 0 Å². The van der Waals surface area contributed by atoms with Gasteiger partial charge in [0.05, 0.1) is 5.56 Å². The van der Waals surface area contributed by atoms with Crippen LogP contribution < -0.4 is 5.32 Å². The summed E-state index contributed by atoms with van der Waals surface area (Å²) in [5.74, 6) is -0.851. The van der Waals surface area contributed by atoms with E-state index in [9.17, 15) is 14.7 Å². The Bertz CT molecular complexity index is 976. The molecule has 0 saturated heterocycles. The number of hydrogen-bond donors (Lipinski definition) is 2. The molecule has 26 heavy (non-hydrogen) atoms. The third kappa shape index (κ3) is 4.10. The van der Waals surface area contributed by atoms with E-state index in [0.717, 1.165) is 5.56 Å². The van der Waals surface area contributed by atoms with Crippen LogP contribution in [0, 0.1) is 0 Å². The molecule has 3 aromatic rings. The first-order valence-electron chi connectivity index (χ1n) is 7.71. The Morgan fingerprint density at radius 3 is 2.35 bits per heavy atom. The number of aliphatic carboxylic acids is 1. The van der Waals surface area contributed by atoms with Gasteiger partial charge < -0.3 is 14.8 Å². The molecule has 0 aliphatic rings. The summed E-state index contributed by atoms with van der Waals surface area (Å²) in [7, 11) is 0. The smallest absolute Gasteiger partial charge is 0.352 e. The van der Waals surface area contributed by atoms with Crippen LogP contribution in [0.3, 0.4) is 0 Å². The Labute approximate surface area is 158 Å². The van der Waals surface area contributed by atoms with Crippen LogP contribution in [-0.4, -0.2) is 17.0 Å². The van der Waals surface area contributed by atoms with E-state index in [1.807, 2.05) is 30.3 Å². The van der Waals surface area contributed by atoms with E-state index >= 15 is 0 Å². The predicted octanol–water partition coefficient (Wildman–Crippen LogP) is 4.56. The van der Waals surface area contributed by atoms with E-state index in [2.05, 4.69) is 21.2 Å². The molecule has 0 aliphatic heterocycles. The van der Waals surface area contributed by atoms with Gasteiger partial charge in [-0.25, -0.2) is 4.79 Å². The van der Waals surface area contributed by atoms with Gasteiger partial charge in [0.2, 0.25) is 0 Å². The maximum atomic E-state index is 12.3. The van der Waals surface area contributed by atoms with Crippen molar-refractivity contribution >= 4 is 33.9 Å². The van der Waals surface area contributed by atoms with Gasteiger partial charge in [0, 0.05) is 16.1 Å². The maximum Gasteiger partial charge on any atom is 0.352 e. The van der Waals surface area contributed by atoms with Crippen molar-refractivity contribution in [2.45, 2.75) is 0 Å². The Balaban J connectivity index is 1.84. The lowest BCUT2D eigenvalue weighted by Crippen LogP contribution is -2.27. The van der Waals surface area contributed by atoms with E-state index in [1.54, 1.807) is 36.4 Å². The van der Waals surface area contributed by atoms with E-state index in [0.29, 0.717) is 21.6 Å². The highest BCUT2D eigenvalue weighted by Crippen LogP contribution is 2.23. The first-order valence-corrected chi connectivity index (χ1v) is 8.50. The largest absolute Gasteiger partial charge is 0.477 e. The summed E-state index contributed by atoms with van der Waals surface area (Å²) >= 11 is 3.27. The molecule has 5 nitrogen and oxygen atoms in total. The van der Waals surface area contributed by atoms with E-state index in [1.165, 1.54) is 6.08 Å². The zero-order valence-corrected chi connectivity index (χ0v) is 15.1. The Morgan fingerprint density at radius 1 is 0.962 bits per heavy atom. The third-order valence-corrected chi connectivity index (χ3v) is 4.26. The maximum absolute atomic E-state index is 12.3. The second-order valence-electron chi connectivity index (χ2n) is 5.37. The monoisotopic (exact) mass is 411 g/mol. The van der Waals surface area contributed by atoms with Crippen molar-refractivity contribution in [3.63, 3.8) is 0 Å². The summed E-state index contributed by atoms with van der Waals surface area (Å²) in [5, 5.41) is 11.8. The second-order valence-corrected chi connectivity index (χ2v) is 6.22. The normalized spacial score (nSPS) is 11.2. The van der Waals surface area contributed by atoms with Gasteiger partial charge >= 0.3 is 5.97 Å². The molecule has 1 aromatic heterocycles. The van der Waals surface area contributed by atoms with Crippen molar-refractivity contribution in [2.24, 2.45) is 0 Å². The molecule has 130 valence electrons. The summed E-state index contributed by atoms with van der Waals surface area (Å²) in [4.78, 5) is 23.8. The zero-order valence-electron chi connectivity index (χ0n) is 13.5. The number of carboxylic acid groups (broad SMARTS) is 1. The number of benzene rings is 2. The number of carbonyl (C=O) groups excluding carboxylic acids is 1. The average Bonchev–Trinajstić information content (AvgIpc) is 3.11. The van der Waals surface area contributed by atoms with Gasteiger partial charge in [0.25, 0.3) is 5.91 Å². The highest BCUT2D eigenvalue weighted by molar-refractivity contribution is 9.10. The van der Waals surface area contributed by atoms with Crippen LogP contribution in [0.25, 0.3) is 17.4 Å². The molecule has 0 bridgehead atoms. The van der Waals surface area contributed by atoms with Crippen LogP contribution in [-0.2, 0) is 4.79 Å². The van der Waals surface area contributed by atoms with E-state index in [-0.39, 0.29) is 5.70 Å². The number of furan rings is 1. The van der Waals surface area contributed by atoms with Crippen molar-refractivity contribution in [3.8, 4) is 11.3 Å². The summed E-state index contributed by atoms with van der Waals surface area (Å²) in [6, 6.07) is 19.6. The summed E-state index contributed by atoms with van der Waals surface area (Å²) in [6.07, 6.45) is 1.28. The van der Waals surface area contributed by atoms with Crippen molar-refractivity contribution in [1.29, 1.82) is 0 Å². The molecular formula is C20H14BrNO4. The Kier molecular flexibility index (Phi) is 5.34. The zero-order chi connectivity index (χ0) is 18.5. The molecule has 2 aromatic carbocycles. The number of halogens is 1. The summed E-state index contributed by atoms with van der Waals surface area (Å²) in [6.45, 7) is 0. The summed E-state index contributed by atoms with van der Waals surface area (Å²) in [5.41, 5.74) is 0.935. The molecule has 0 radical (unpaired) electrons. The van der Waals surface area contributed by atoms with Crippen molar-refractivity contribution in [2.75, 3.05) is 0 Å². The number of nitrogens with one attached hydrogen (secondary N) is 1. The van der Waals surface area contributed by atoms with Gasteiger partial charge in [-0.15, -0.1) is 0 Å². The molecule has 3 rings (SSSR count). The number of hydrogen-bond acceptors (Lipinski definition) is 3. The fourth-order valence-corrected chi connectivity index (χ4v) is 2.78. The Morgan fingerprint density at radius 2 is 1.65 bits per heavy atom. The molecule has 6 heteroatoms. The fraction of sp³-hybridized carbons (Fsp3) is 0. The standard InChI is InChI=1S/C20H14BrNO4/c21-16-9-5-4-8-15(16)19(23)22-17(20(24)25)12-14-10-11-18(26-14)13-6-2-1-3-7-13/h1-12H,(H,22,23)(H,24,25). The minimum atomic E-state index is -1.26. The lowest BCUT2D eigenvalue weighted by Gasteiger charge is -2.07. The van der Waals surface area contributed by atoms with E-state index in [4.69, 9.17) is 4.42 Å². The average molecular weight is 412 g/mol. The molecular weight excluding hydrogens is 398 g/mol. The molecule has 1 amide bonds. The minimum absolute atomic E-state index is 0.278. The molecule has 0 spiro atoms. The number of carbonyl (C=O) groups is 2. The van der Waals surface area contributed by atoms with Gasteiger partial charge in [-0.1, -0.05) is 42.5 Å². The molecule has 2 N–H and O–H groups in total. The van der Waals surface area contributed by atoms with Crippen LogP contribution >= 0.6 is 15.9 Å². The SMILES string of the molecule is O=C(O)C(=Cc1ccc(-c2ccccc2)o1)NC(=O)c1ccccc1Br. The molecule has 1 heterocycles.